The molecule has 1 aromatic carbocycles. The molecule has 1 aromatic heterocycles. The van der Waals surface area contributed by atoms with Gasteiger partial charge in [-0.05, 0) is 23.6 Å². The van der Waals surface area contributed by atoms with Crippen LogP contribution < -0.4 is 10.9 Å². The van der Waals surface area contributed by atoms with Crippen molar-refractivity contribution in [1.82, 2.24) is 9.97 Å². The highest BCUT2D eigenvalue weighted by molar-refractivity contribution is 5.79. The van der Waals surface area contributed by atoms with E-state index in [0.717, 1.165) is 11.1 Å². The van der Waals surface area contributed by atoms with E-state index in [1.807, 2.05) is 18.2 Å². The van der Waals surface area contributed by atoms with Crippen molar-refractivity contribution in [3.8, 4) is 0 Å². The Balaban J connectivity index is 2.71. The van der Waals surface area contributed by atoms with Crippen molar-refractivity contribution >= 4 is 16.9 Å². The second kappa shape index (κ2) is 3.96. The van der Waals surface area contributed by atoms with Crippen LogP contribution in [0.1, 0.15) is 25.3 Å². The van der Waals surface area contributed by atoms with Crippen LogP contribution in [0.3, 0.4) is 0 Å². The Labute approximate surface area is 93.7 Å². The van der Waals surface area contributed by atoms with Gasteiger partial charge in [-0.25, -0.2) is 4.98 Å². The molecule has 1 heterocycles. The van der Waals surface area contributed by atoms with E-state index in [1.54, 1.807) is 7.05 Å². The average molecular weight is 217 g/mol. The Morgan fingerprint density at radius 2 is 2.12 bits per heavy atom. The topological polar surface area (TPSA) is 57.8 Å². The summed E-state index contributed by atoms with van der Waals surface area (Å²) in [6.07, 6.45) is 0. The zero-order valence-corrected chi connectivity index (χ0v) is 9.66. The SMILES string of the molecule is CNc1nc2ccc(C(C)C)cc2c(=O)[nH]1. The molecule has 0 amide bonds. The summed E-state index contributed by atoms with van der Waals surface area (Å²) in [4.78, 5) is 18.8. The molecule has 2 rings (SSSR count). The molecule has 0 spiro atoms. The quantitative estimate of drug-likeness (QED) is 0.809. The maximum absolute atomic E-state index is 11.8. The molecule has 4 nitrogen and oxygen atoms in total. The molecule has 84 valence electrons. The first-order valence-electron chi connectivity index (χ1n) is 5.33. The zero-order valence-electron chi connectivity index (χ0n) is 9.66. The predicted molar refractivity (Wildman–Crippen MR) is 66.0 cm³/mol. The van der Waals surface area contributed by atoms with Crippen LogP contribution in [-0.2, 0) is 0 Å². The summed E-state index contributed by atoms with van der Waals surface area (Å²) in [6.45, 7) is 4.20. The third kappa shape index (κ3) is 1.78. The van der Waals surface area contributed by atoms with Crippen LogP contribution >= 0.6 is 0 Å². The molecule has 0 aliphatic heterocycles. The average Bonchev–Trinajstić information content (AvgIpc) is 2.28. The van der Waals surface area contributed by atoms with Gasteiger partial charge >= 0.3 is 0 Å². The van der Waals surface area contributed by atoms with Crippen LogP contribution in [-0.4, -0.2) is 17.0 Å². The summed E-state index contributed by atoms with van der Waals surface area (Å²) in [5.41, 5.74) is 1.77. The number of aromatic nitrogens is 2. The summed E-state index contributed by atoms with van der Waals surface area (Å²) in [6, 6.07) is 5.81. The number of nitrogens with zero attached hydrogens (tertiary/aromatic N) is 1. The smallest absolute Gasteiger partial charge is 0.260 e. The molecule has 2 N–H and O–H groups in total. The molecule has 0 bridgehead atoms. The van der Waals surface area contributed by atoms with Crippen molar-refractivity contribution in [2.24, 2.45) is 0 Å². The molecule has 0 saturated heterocycles. The minimum atomic E-state index is -0.100. The van der Waals surface area contributed by atoms with Crippen molar-refractivity contribution in [2.45, 2.75) is 19.8 Å². The van der Waals surface area contributed by atoms with Gasteiger partial charge in [-0.3, -0.25) is 9.78 Å². The molecular formula is C12H15N3O. The van der Waals surface area contributed by atoms with E-state index < -0.39 is 0 Å². The molecule has 0 saturated carbocycles. The standard InChI is InChI=1S/C12H15N3O/c1-7(2)8-4-5-10-9(6-8)11(16)15-12(13-3)14-10/h4-7H,1-3H3,(H2,13,14,15,16). The normalized spacial score (nSPS) is 11.0. The lowest BCUT2D eigenvalue weighted by Gasteiger charge is -2.07. The minimum absolute atomic E-state index is 0.100. The van der Waals surface area contributed by atoms with E-state index in [2.05, 4.69) is 29.1 Å². The predicted octanol–water partition coefficient (Wildman–Crippen LogP) is 2.09. The van der Waals surface area contributed by atoms with Crippen LogP contribution in [0.15, 0.2) is 23.0 Å². The third-order valence-electron chi connectivity index (χ3n) is 2.63. The molecule has 0 aliphatic carbocycles. The highest BCUT2D eigenvalue weighted by Gasteiger charge is 2.05. The highest BCUT2D eigenvalue weighted by Crippen LogP contribution is 2.18. The fourth-order valence-corrected chi connectivity index (χ4v) is 1.63. The Morgan fingerprint density at radius 1 is 1.38 bits per heavy atom. The molecule has 4 heteroatoms. The van der Waals surface area contributed by atoms with Gasteiger partial charge < -0.3 is 5.32 Å². The van der Waals surface area contributed by atoms with Gasteiger partial charge in [-0.1, -0.05) is 19.9 Å². The minimum Gasteiger partial charge on any atom is -0.359 e. The van der Waals surface area contributed by atoms with Gasteiger partial charge in [0.25, 0.3) is 5.56 Å². The van der Waals surface area contributed by atoms with Crippen molar-refractivity contribution in [3.63, 3.8) is 0 Å². The van der Waals surface area contributed by atoms with Crippen LogP contribution in [0.25, 0.3) is 10.9 Å². The molecule has 0 aliphatic rings. The number of nitrogens with one attached hydrogen (secondary N) is 2. The van der Waals surface area contributed by atoms with Gasteiger partial charge in [-0.2, -0.15) is 0 Å². The maximum Gasteiger partial charge on any atom is 0.260 e. The molecule has 16 heavy (non-hydrogen) atoms. The van der Waals surface area contributed by atoms with E-state index in [1.165, 1.54) is 0 Å². The summed E-state index contributed by atoms with van der Waals surface area (Å²) in [7, 11) is 1.73. The Kier molecular flexibility index (Phi) is 2.64. The largest absolute Gasteiger partial charge is 0.359 e. The maximum atomic E-state index is 11.8. The van der Waals surface area contributed by atoms with E-state index in [0.29, 0.717) is 17.3 Å². The molecule has 0 atom stereocenters. The summed E-state index contributed by atoms with van der Waals surface area (Å²) >= 11 is 0. The number of rotatable bonds is 2. The van der Waals surface area contributed by atoms with Gasteiger partial charge in [-0.15, -0.1) is 0 Å². The van der Waals surface area contributed by atoms with E-state index in [9.17, 15) is 4.79 Å². The third-order valence-corrected chi connectivity index (χ3v) is 2.63. The van der Waals surface area contributed by atoms with Gasteiger partial charge in [0.1, 0.15) is 0 Å². The number of anilines is 1. The van der Waals surface area contributed by atoms with Crippen molar-refractivity contribution in [2.75, 3.05) is 12.4 Å². The monoisotopic (exact) mass is 217 g/mol. The van der Waals surface area contributed by atoms with Crippen LogP contribution in [0.5, 0.6) is 0 Å². The molecule has 2 aromatic rings. The second-order valence-corrected chi connectivity index (χ2v) is 4.10. The first-order chi connectivity index (χ1) is 7.61. The van der Waals surface area contributed by atoms with Gasteiger partial charge in [0.15, 0.2) is 0 Å². The van der Waals surface area contributed by atoms with Crippen molar-refractivity contribution < 1.29 is 0 Å². The lowest BCUT2D eigenvalue weighted by Crippen LogP contribution is -2.11. The Hall–Kier alpha value is -1.84. The summed E-state index contributed by atoms with van der Waals surface area (Å²) in [5.74, 6) is 0.905. The zero-order chi connectivity index (χ0) is 11.7. The van der Waals surface area contributed by atoms with Crippen molar-refractivity contribution in [3.05, 3.63) is 34.1 Å². The number of aromatic amines is 1. The van der Waals surface area contributed by atoms with E-state index >= 15 is 0 Å². The summed E-state index contributed by atoms with van der Waals surface area (Å²) < 4.78 is 0. The van der Waals surface area contributed by atoms with Gasteiger partial charge in [0.2, 0.25) is 5.95 Å². The fourth-order valence-electron chi connectivity index (χ4n) is 1.63. The number of H-pyrrole nitrogens is 1. The fraction of sp³-hybridized carbons (Fsp3) is 0.333. The van der Waals surface area contributed by atoms with E-state index in [-0.39, 0.29) is 5.56 Å². The lowest BCUT2D eigenvalue weighted by atomic mass is 10.0. The van der Waals surface area contributed by atoms with Crippen LogP contribution in [0, 0.1) is 0 Å². The van der Waals surface area contributed by atoms with Gasteiger partial charge in [0, 0.05) is 7.05 Å². The number of hydrogen-bond donors (Lipinski definition) is 2. The Morgan fingerprint density at radius 3 is 2.75 bits per heavy atom. The van der Waals surface area contributed by atoms with E-state index in [4.69, 9.17) is 0 Å². The number of fused-ring (bicyclic) bond motifs is 1. The van der Waals surface area contributed by atoms with Crippen LogP contribution in [0.4, 0.5) is 5.95 Å². The van der Waals surface area contributed by atoms with Gasteiger partial charge in [0.05, 0.1) is 10.9 Å². The first kappa shape index (κ1) is 10.7. The summed E-state index contributed by atoms with van der Waals surface area (Å²) in [5, 5.41) is 3.47. The van der Waals surface area contributed by atoms with Crippen LogP contribution in [0.2, 0.25) is 0 Å². The second-order valence-electron chi connectivity index (χ2n) is 4.10. The molecule has 0 unspecified atom stereocenters. The van der Waals surface area contributed by atoms with Crippen molar-refractivity contribution in [1.29, 1.82) is 0 Å². The molecule has 0 fully saturated rings. The highest BCUT2D eigenvalue weighted by atomic mass is 16.1. The first-order valence-corrected chi connectivity index (χ1v) is 5.33. The Bertz CT molecular complexity index is 572. The lowest BCUT2D eigenvalue weighted by molar-refractivity contribution is 0.868. The number of hydrogen-bond acceptors (Lipinski definition) is 3. The number of benzene rings is 1. The molecule has 0 radical (unpaired) electrons. The molecular weight excluding hydrogens is 202 g/mol.